The first-order valence-electron chi connectivity index (χ1n) is 12.5. The van der Waals surface area contributed by atoms with E-state index in [0.717, 1.165) is 40.3 Å². The number of thioether (sulfide) groups is 1. The van der Waals surface area contributed by atoms with Crippen LogP contribution in [0.4, 0.5) is 4.79 Å². The van der Waals surface area contributed by atoms with E-state index in [0.29, 0.717) is 0 Å². The third kappa shape index (κ3) is 6.12. The number of rotatable bonds is 8. The van der Waals surface area contributed by atoms with Crippen molar-refractivity contribution < 1.29 is 28.6 Å². The van der Waals surface area contributed by atoms with Crippen LogP contribution in [0.5, 0.6) is 0 Å². The summed E-state index contributed by atoms with van der Waals surface area (Å²) < 4.78 is 11.2. The Morgan fingerprint density at radius 2 is 2.03 bits per heavy atom. The summed E-state index contributed by atoms with van der Waals surface area (Å²) >= 11 is 1.03. The van der Waals surface area contributed by atoms with E-state index in [1.165, 1.54) is 4.90 Å². The minimum Gasteiger partial charge on any atom is -0.480 e. The number of aliphatic carboxylic acids is 1. The summed E-state index contributed by atoms with van der Waals surface area (Å²) in [5, 5.41) is 21.9. The highest BCUT2D eigenvalue weighted by atomic mass is 32.2. The summed E-state index contributed by atoms with van der Waals surface area (Å²) in [7, 11) is 0. The van der Waals surface area contributed by atoms with Crippen LogP contribution in [-0.2, 0) is 27.3 Å². The second kappa shape index (κ2) is 11.1. The molecule has 12 heteroatoms. The van der Waals surface area contributed by atoms with Crippen molar-refractivity contribution >= 4 is 40.6 Å². The fourth-order valence-electron chi connectivity index (χ4n) is 4.42. The van der Waals surface area contributed by atoms with Gasteiger partial charge in [-0.05, 0) is 38.3 Å². The molecule has 0 bridgehead atoms. The Bertz CT molecular complexity index is 1330. The van der Waals surface area contributed by atoms with Crippen LogP contribution in [0.1, 0.15) is 64.2 Å². The van der Waals surface area contributed by atoms with Crippen LogP contribution in [-0.4, -0.2) is 60.6 Å². The summed E-state index contributed by atoms with van der Waals surface area (Å²) in [6.07, 6.45) is 0.375. The number of hydrogen-bond donors (Lipinski definition) is 3. The zero-order valence-electron chi connectivity index (χ0n) is 22.1. The first-order valence-corrected chi connectivity index (χ1v) is 13.5. The predicted molar refractivity (Wildman–Crippen MR) is 141 cm³/mol. The summed E-state index contributed by atoms with van der Waals surface area (Å²) in [4.78, 5) is 42.3. The molecule has 0 aliphatic carbocycles. The Hall–Kier alpha value is -3.54. The molecule has 2 aromatic heterocycles. The average molecular weight is 544 g/mol. The quantitative estimate of drug-likeness (QED) is 0.353. The molecule has 0 radical (unpaired) electrons. The number of nitrogens with one attached hydrogen (secondary N) is 2. The highest BCUT2D eigenvalue weighted by Crippen LogP contribution is 2.32. The third-order valence-corrected chi connectivity index (χ3v) is 7.31. The lowest BCUT2D eigenvalue weighted by molar-refractivity contribution is -0.150. The standard InChI is InChI=1S/C26H33N5O6S/c1-6-14(2)21(28-24(35)37-26(3,4)5)22-29-30-25(36-22)38-13-20(32)31-12-18-16(11-19(31)23(33)34)15-9-7-8-10-17(15)27-18/h7-10,14,19,21,27H,6,11-13H2,1-5H3,(H,28,35)(H,33,34). The number of carbonyl (C=O) groups is 3. The number of nitrogens with zero attached hydrogens (tertiary/aromatic N) is 3. The van der Waals surface area contributed by atoms with Crippen LogP contribution in [0.25, 0.3) is 10.9 Å². The first-order chi connectivity index (χ1) is 18.0. The summed E-state index contributed by atoms with van der Waals surface area (Å²) in [6, 6.07) is 6.17. The monoisotopic (exact) mass is 543 g/mol. The minimum atomic E-state index is -1.05. The van der Waals surface area contributed by atoms with E-state index in [9.17, 15) is 19.5 Å². The van der Waals surface area contributed by atoms with Gasteiger partial charge in [-0.3, -0.25) is 4.79 Å². The topological polar surface area (TPSA) is 151 Å². The number of carboxylic acid groups (broad SMARTS) is 1. The van der Waals surface area contributed by atoms with Gasteiger partial charge in [0.2, 0.25) is 11.8 Å². The number of benzene rings is 1. The van der Waals surface area contributed by atoms with E-state index in [4.69, 9.17) is 9.15 Å². The molecule has 11 nitrogen and oxygen atoms in total. The number of hydrogen-bond acceptors (Lipinski definition) is 8. The molecular weight excluding hydrogens is 510 g/mol. The van der Waals surface area contributed by atoms with Gasteiger partial charge in [-0.2, -0.15) is 0 Å². The van der Waals surface area contributed by atoms with Gasteiger partial charge in [0.1, 0.15) is 17.7 Å². The maximum atomic E-state index is 13.1. The van der Waals surface area contributed by atoms with E-state index in [1.807, 2.05) is 38.1 Å². The van der Waals surface area contributed by atoms with Gasteiger partial charge in [-0.25, -0.2) is 9.59 Å². The molecule has 4 rings (SSSR count). The van der Waals surface area contributed by atoms with Crippen molar-refractivity contribution in [2.45, 2.75) is 76.9 Å². The van der Waals surface area contributed by atoms with Crippen LogP contribution < -0.4 is 5.32 Å². The number of carboxylic acids is 1. The molecule has 0 spiro atoms. The molecular formula is C26H33N5O6S. The predicted octanol–water partition coefficient (Wildman–Crippen LogP) is 4.29. The molecule has 2 amide bonds. The molecule has 1 aromatic carbocycles. The van der Waals surface area contributed by atoms with Gasteiger partial charge in [-0.15, -0.1) is 10.2 Å². The largest absolute Gasteiger partial charge is 0.480 e. The summed E-state index contributed by atoms with van der Waals surface area (Å²) in [5.74, 6) is -1.28. The molecule has 38 heavy (non-hydrogen) atoms. The molecule has 3 atom stereocenters. The molecule has 3 N–H and O–H groups in total. The van der Waals surface area contributed by atoms with Gasteiger partial charge < -0.3 is 29.5 Å². The lowest BCUT2D eigenvalue weighted by Gasteiger charge is -2.33. The van der Waals surface area contributed by atoms with Crippen molar-refractivity contribution in [2.75, 3.05) is 5.75 Å². The number of carbonyl (C=O) groups excluding carboxylic acids is 2. The zero-order chi connectivity index (χ0) is 27.6. The van der Waals surface area contributed by atoms with Crippen molar-refractivity contribution in [1.82, 2.24) is 25.4 Å². The van der Waals surface area contributed by atoms with Crippen LogP contribution in [0.2, 0.25) is 0 Å². The van der Waals surface area contributed by atoms with E-state index in [1.54, 1.807) is 20.8 Å². The Balaban J connectivity index is 1.44. The first kappa shape index (κ1) is 27.5. The second-order valence-corrected chi connectivity index (χ2v) is 11.3. The molecule has 0 saturated carbocycles. The van der Waals surface area contributed by atoms with Crippen molar-refractivity contribution in [3.05, 3.63) is 41.4 Å². The van der Waals surface area contributed by atoms with Gasteiger partial charge in [0, 0.05) is 23.0 Å². The normalized spacial score (nSPS) is 17.1. The molecule has 1 aliphatic rings. The average Bonchev–Trinajstić information content (AvgIpc) is 3.47. The second-order valence-electron chi connectivity index (χ2n) is 10.4. The van der Waals surface area contributed by atoms with E-state index < -0.39 is 29.7 Å². The Labute approximate surface area is 224 Å². The van der Waals surface area contributed by atoms with Crippen LogP contribution in [0.15, 0.2) is 33.9 Å². The zero-order valence-corrected chi connectivity index (χ0v) is 22.9. The Morgan fingerprint density at radius 3 is 2.71 bits per heavy atom. The number of para-hydroxylation sites is 1. The van der Waals surface area contributed by atoms with Gasteiger partial charge in [0.25, 0.3) is 5.22 Å². The van der Waals surface area contributed by atoms with Gasteiger partial charge in [-0.1, -0.05) is 50.2 Å². The number of aromatic amines is 1. The Kier molecular flexibility index (Phi) is 8.00. The Morgan fingerprint density at radius 1 is 1.29 bits per heavy atom. The number of amides is 2. The maximum absolute atomic E-state index is 13.1. The van der Waals surface area contributed by atoms with Crippen LogP contribution in [0.3, 0.4) is 0 Å². The lowest BCUT2D eigenvalue weighted by atomic mass is 9.96. The smallest absolute Gasteiger partial charge is 0.408 e. The molecule has 3 unspecified atom stereocenters. The molecule has 0 saturated heterocycles. The molecule has 204 valence electrons. The van der Waals surface area contributed by atoms with Gasteiger partial charge in [0.15, 0.2) is 0 Å². The van der Waals surface area contributed by atoms with Gasteiger partial charge in [0.05, 0.1) is 12.3 Å². The highest BCUT2D eigenvalue weighted by molar-refractivity contribution is 7.99. The van der Waals surface area contributed by atoms with E-state index >= 15 is 0 Å². The van der Waals surface area contributed by atoms with E-state index in [2.05, 4.69) is 20.5 Å². The molecule has 3 heterocycles. The summed E-state index contributed by atoms with van der Waals surface area (Å²) in [5.41, 5.74) is 2.03. The SMILES string of the molecule is CCC(C)C(NC(=O)OC(C)(C)C)c1nnc(SCC(=O)N2Cc3[nH]c4ccccc4c3CC2C(=O)O)o1. The lowest BCUT2D eigenvalue weighted by Crippen LogP contribution is -2.49. The summed E-state index contributed by atoms with van der Waals surface area (Å²) in [6.45, 7) is 9.43. The minimum absolute atomic E-state index is 0.0161. The fraction of sp³-hybridized carbons (Fsp3) is 0.500. The molecule has 0 fully saturated rings. The van der Waals surface area contributed by atoms with Crippen molar-refractivity contribution in [3.8, 4) is 0 Å². The van der Waals surface area contributed by atoms with Crippen molar-refractivity contribution in [3.63, 3.8) is 0 Å². The third-order valence-electron chi connectivity index (χ3n) is 6.50. The van der Waals surface area contributed by atoms with Crippen LogP contribution >= 0.6 is 11.8 Å². The number of H-pyrrole nitrogens is 1. The van der Waals surface area contributed by atoms with E-state index in [-0.39, 0.29) is 41.7 Å². The molecule has 1 aliphatic heterocycles. The number of ether oxygens (including phenoxy) is 1. The fourth-order valence-corrected chi connectivity index (χ4v) is 5.07. The number of aromatic nitrogens is 3. The van der Waals surface area contributed by atoms with Crippen molar-refractivity contribution in [2.24, 2.45) is 5.92 Å². The van der Waals surface area contributed by atoms with Crippen molar-refractivity contribution in [1.29, 1.82) is 0 Å². The number of alkyl carbamates (subject to hydrolysis) is 1. The number of fused-ring (bicyclic) bond motifs is 3. The van der Waals surface area contributed by atoms with Crippen LogP contribution in [0, 0.1) is 5.92 Å². The maximum Gasteiger partial charge on any atom is 0.408 e. The van der Waals surface area contributed by atoms with Gasteiger partial charge >= 0.3 is 12.1 Å². The highest BCUT2D eigenvalue weighted by Gasteiger charge is 2.36. The molecule has 3 aromatic rings.